The second-order valence-corrected chi connectivity index (χ2v) is 3.97. The smallest absolute Gasteiger partial charge is 0.238 e. The number of nitrogens with zero attached hydrogens (tertiary/aromatic N) is 3. The van der Waals surface area contributed by atoms with E-state index in [0.29, 0.717) is 13.0 Å². The molecule has 16 heavy (non-hydrogen) atoms. The number of carbonyl (C=O) groups excluding carboxylic acids is 1. The fourth-order valence-corrected chi connectivity index (χ4v) is 2.02. The first-order valence-electron chi connectivity index (χ1n) is 5.25. The predicted octanol–water partition coefficient (Wildman–Crippen LogP) is 2.04. The summed E-state index contributed by atoms with van der Waals surface area (Å²) in [4.78, 5) is 20.8. The minimum atomic E-state index is 0.0578. The molecule has 3 rings (SSSR count). The van der Waals surface area contributed by atoms with Gasteiger partial charge in [0.15, 0.2) is 0 Å². The van der Waals surface area contributed by atoms with Gasteiger partial charge in [0.05, 0.1) is 24.0 Å². The van der Waals surface area contributed by atoms with Gasteiger partial charge in [0, 0.05) is 5.71 Å². The zero-order valence-electron chi connectivity index (χ0n) is 8.97. The van der Waals surface area contributed by atoms with Crippen molar-refractivity contribution >= 4 is 22.7 Å². The van der Waals surface area contributed by atoms with Gasteiger partial charge in [0.1, 0.15) is 5.82 Å². The Morgan fingerprint density at radius 3 is 3.00 bits per heavy atom. The van der Waals surface area contributed by atoms with E-state index in [9.17, 15) is 4.79 Å². The molecule has 0 bridgehead atoms. The summed E-state index contributed by atoms with van der Waals surface area (Å²) in [7, 11) is 0. The Hall–Kier alpha value is -1.97. The Balaban J connectivity index is 2.29. The van der Waals surface area contributed by atoms with E-state index in [1.807, 2.05) is 31.2 Å². The molecule has 4 nitrogen and oxygen atoms in total. The predicted molar refractivity (Wildman–Crippen MR) is 61.8 cm³/mol. The summed E-state index contributed by atoms with van der Waals surface area (Å²) in [5, 5.41) is 0. The molecule has 0 aliphatic carbocycles. The second kappa shape index (κ2) is 3.27. The molecular formula is C12H11N3O. The van der Waals surface area contributed by atoms with Crippen molar-refractivity contribution in [3.8, 4) is 0 Å². The Bertz CT molecular complexity index is 610. The van der Waals surface area contributed by atoms with E-state index < -0.39 is 0 Å². The molecule has 2 heterocycles. The van der Waals surface area contributed by atoms with Crippen LogP contribution in [0, 0.1) is 0 Å². The number of imidazole rings is 1. The van der Waals surface area contributed by atoms with Crippen LogP contribution in [-0.4, -0.2) is 21.2 Å². The van der Waals surface area contributed by atoms with Crippen molar-refractivity contribution in [1.82, 2.24) is 9.55 Å². The Kier molecular flexibility index (Phi) is 1.89. The summed E-state index contributed by atoms with van der Waals surface area (Å²) in [6.45, 7) is 2.37. The van der Waals surface area contributed by atoms with Gasteiger partial charge in [-0.05, 0) is 19.1 Å². The molecule has 0 radical (unpaired) electrons. The van der Waals surface area contributed by atoms with Crippen LogP contribution in [0.1, 0.15) is 24.0 Å². The van der Waals surface area contributed by atoms with Crippen LogP contribution < -0.4 is 0 Å². The largest absolute Gasteiger partial charge is 0.286 e. The van der Waals surface area contributed by atoms with E-state index in [1.54, 1.807) is 4.57 Å². The number of aliphatic imine (C=N–C) groups is 1. The van der Waals surface area contributed by atoms with Gasteiger partial charge in [0.25, 0.3) is 0 Å². The molecule has 0 spiro atoms. The summed E-state index contributed by atoms with van der Waals surface area (Å²) in [5.74, 6) is 0.797. The third-order valence-corrected chi connectivity index (χ3v) is 2.78. The van der Waals surface area contributed by atoms with Gasteiger partial charge in [-0.25, -0.2) is 4.98 Å². The average molecular weight is 213 g/mol. The molecule has 1 aromatic heterocycles. The standard InChI is InChI=1S/C12H11N3O/c1-8-6-12(16)15-10-5-3-2-4-9(10)14-11(15)7-13-8/h2-5H,6-7H2,1H3. The highest BCUT2D eigenvalue weighted by Gasteiger charge is 2.19. The molecule has 0 amide bonds. The minimum Gasteiger partial charge on any atom is -0.286 e. The van der Waals surface area contributed by atoms with Crippen LogP contribution >= 0.6 is 0 Å². The van der Waals surface area contributed by atoms with Gasteiger partial charge in [-0.1, -0.05) is 12.1 Å². The molecule has 80 valence electrons. The maximum atomic E-state index is 12.0. The Morgan fingerprint density at radius 1 is 1.31 bits per heavy atom. The maximum absolute atomic E-state index is 12.0. The third kappa shape index (κ3) is 1.26. The number of fused-ring (bicyclic) bond motifs is 3. The molecule has 1 aromatic carbocycles. The second-order valence-electron chi connectivity index (χ2n) is 3.97. The summed E-state index contributed by atoms with van der Waals surface area (Å²) in [6.07, 6.45) is 0.382. The minimum absolute atomic E-state index is 0.0578. The number of carbonyl (C=O) groups is 1. The zero-order chi connectivity index (χ0) is 11.1. The molecule has 4 heteroatoms. The molecule has 2 aromatic rings. The van der Waals surface area contributed by atoms with Gasteiger partial charge in [-0.15, -0.1) is 0 Å². The molecule has 1 aliphatic heterocycles. The lowest BCUT2D eigenvalue weighted by atomic mass is 10.2. The normalized spacial score (nSPS) is 15.8. The first-order valence-corrected chi connectivity index (χ1v) is 5.25. The van der Waals surface area contributed by atoms with Crippen molar-refractivity contribution in [1.29, 1.82) is 0 Å². The molecule has 0 fully saturated rings. The van der Waals surface area contributed by atoms with E-state index in [-0.39, 0.29) is 5.91 Å². The molecular weight excluding hydrogens is 202 g/mol. The average Bonchev–Trinajstić information content (AvgIpc) is 2.57. The van der Waals surface area contributed by atoms with Crippen molar-refractivity contribution in [2.75, 3.05) is 0 Å². The number of benzene rings is 1. The van der Waals surface area contributed by atoms with Crippen LogP contribution in [0.2, 0.25) is 0 Å². The monoisotopic (exact) mass is 213 g/mol. The number of rotatable bonds is 0. The highest BCUT2D eigenvalue weighted by Crippen LogP contribution is 2.19. The highest BCUT2D eigenvalue weighted by atomic mass is 16.2. The third-order valence-electron chi connectivity index (χ3n) is 2.78. The van der Waals surface area contributed by atoms with Crippen LogP contribution in [0.5, 0.6) is 0 Å². The lowest BCUT2D eigenvalue weighted by molar-refractivity contribution is 0.0926. The molecule has 0 saturated carbocycles. The SMILES string of the molecule is CC1=NCc2nc3ccccc3n2C(=O)C1. The van der Waals surface area contributed by atoms with Gasteiger partial charge < -0.3 is 0 Å². The summed E-state index contributed by atoms with van der Waals surface area (Å²) in [6, 6.07) is 7.68. The Morgan fingerprint density at radius 2 is 2.12 bits per heavy atom. The fraction of sp³-hybridized carbons (Fsp3) is 0.250. The van der Waals surface area contributed by atoms with Crippen molar-refractivity contribution < 1.29 is 4.79 Å². The molecule has 0 unspecified atom stereocenters. The van der Waals surface area contributed by atoms with Crippen LogP contribution in [0.3, 0.4) is 0 Å². The van der Waals surface area contributed by atoms with Crippen molar-refractivity contribution in [3.05, 3.63) is 30.1 Å². The number of para-hydroxylation sites is 2. The first-order chi connectivity index (χ1) is 7.75. The highest BCUT2D eigenvalue weighted by molar-refractivity contribution is 6.04. The van der Waals surface area contributed by atoms with Gasteiger partial charge in [-0.3, -0.25) is 14.4 Å². The van der Waals surface area contributed by atoms with E-state index in [4.69, 9.17) is 0 Å². The maximum Gasteiger partial charge on any atom is 0.238 e. The van der Waals surface area contributed by atoms with Crippen LogP contribution in [0.4, 0.5) is 0 Å². The lowest BCUT2D eigenvalue weighted by Gasteiger charge is -2.01. The first kappa shape index (κ1) is 9.27. The molecule has 0 N–H and O–H groups in total. The van der Waals surface area contributed by atoms with E-state index in [0.717, 1.165) is 22.6 Å². The van der Waals surface area contributed by atoms with Crippen LogP contribution in [0.15, 0.2) is 29.3 Å². The van der Waals surface area contributed by atoms with Crippen molar-refractivity contribution in [2.45, 2.75) is 19.9 Å². The van der Waals surface area contributed by atoms with Gasteiger partial charge in [0.2, 0.25) is 5.91 Å². The summed E-state index contributed by atoms with van der Waals surface area (Å²) >= 11 is 0. The quantitative estimate of drug-likeness (QED) is 0.672. The summed E-state index contributed by atoms with van der Waals surface area (Å²) in [5.41, 5.74) is 2.62. The number of aromatic nitrogens is 2. The topological polar surface area (TPSA) is 47.2 Å². The van der Waals surface area contributed by atoms with Crippen molar-refractivity contribution in [3.63, 3.8) is 0 Å². The molecule has 0 saturated heterocycles. The van der Waals surface area contributed by atoms with Gasteiger partial charge >= 0.3 is 0 Å². The van der Waals surface area contributed by atoms with Crippen LogP contribution in [0.25, 0.3) is 11.0 Å². The molecule has 1 aliphatic rings. The lowest BCUT2D eigenvalue weighted by Crippen LogP contribution is -2.13. The number of hydrogen-bond donors (Lipinski definition) is 0. The van der Waals surface area contributed by atoms with Gasteiger partial charge in [-0.2, -0.15) is 0 Å². The van der Waals surface area contributed by atoms with Crippen LogP contribution in [-0.2, 0) is 6.54 Å². The van der Waals surface area contributed by atoms with E-state index in [1.165, 1.54) is 0 Å². The fourth-order valence-electron chi connectivity index (χ4n) is 2.02. The van der Waals surface area contributed by atoms with E-state index in [2.05, 4.69) is 9.98 Å². The zero-order valence-corrected chi connectivity index (χ0v) is 8.97. The van der Waals surface area contributed by atoms with E-state index >= 15 is 0 Å². The number of hydrogen-bond acceptors (Lipinski definition) is 3. The Labute approximate surface area is 92.6 Å². The van der Waals surface area contributed by atoms with Crippen molar-refractivity contribution in [2.24, 2.45) is 4.99 Å². The molecule has 0 atom stereocenters. The summed E-state index contributed by atoms with van der Waals surface area (Å²) < 4.78 is 1.69.